The van der Waals surface area contributed by atoms with Gasteiger partial charge in [-0.1, -0.05) is 12.1 Å². The molecule has 0 aromatic heterocycles. The maximum absolute atomic E-state index is 12.0. The zero-order valence-electron chi connectivity index (χ0n) is 12.8. The lowest BCUT2D eigenvalue weighted by atomic mass is 10.0. The molecule has 1 aromatic rings. The maximum atomic E-state index is 12.0. The van der Waals surface area contributed by atoms with Crippen LogP contribution in [0.25, 0.3) is 0 Å². The van der Waals surface area contributed by atoms with Crippen LogP contribution in [0.15, 0.2) is 24.3 Å². The Morgan fingerprint density at radius 3 is 2.15 bits per heavy atom. The van der Waals surface area contributed by atoms with Gasteiger partial charge in [0, 0.05) is 19.8 Å². The van der Waals surface area contributed by atoms with Crippen molar-refractivity contribution in [1.29, 1.82) is 0 Å². The fourth-order valence-corrected chi connectivity index (χ4v) is 1.44. The average Bonchev–Trinajstić information content (AvgIpc) is 2.40. The van der Waals surface area contributed by atoms with Crippen LogP contribution in [0.2, 0.25) is 0 Å². The SMILES string of the molecule is CNC(C)(C)C(=O)Nc1ccc(CC(=O)N(C)C)cc1. The Morgan fingerprint density at radius 2 is 1.70 bits per heavy atom. The zero-order chi connectivity index (χ0) is 15.3. The van der Waals surface area contributed by atoms with Gasteiger partial charge in [-0.3, -0.25) is 9.59 Å². The fourth-order valence-electron chi connectivity index (χ4n) is 1.44. The summed E-state index contributed by atoms with van der Waals surface area (Å²) in [5.41, 5.74) is 1.02. The predicted octanol–water partition coefficient (Wildman–Crippen LogP) is 1.25. The van der Waals surface area contributed by atoms with Gasteiger partial charge in [-0.05, 0) is 38.6 Å². The topological polar surface area (TPSA) is 61.4 Å². The smallest absolute Gasteiger partial charge is 0.244 e. The molecule has 0 unspecified atom stereocenters. The molecule has 0 atom stereocenters. The Kier molecular flexibility index (Phi) is 5.27. The van der Waals surface area contributed by atoms with E-state index in [2.05, 4.69) is 10.6 Å². The summed E-state index contributed by atoms with van der Waals surface area (Å²) < 4.78 is 0. The van der Waals surface area contributed by atoms with Crippen LogP contribution in [-0.2, 0) is 16.0 Å². The van der Waals surface area contributed by atoms with Crippen molar-refractivity contribution in [1.82, 2.24) is 10.2 Å². The minimum Gasteiger partial charge on any atom is -0.349 e. The highest BCUT2D eigenvalue weighted by atomic mass is 16.2. The largest absolute Gasteiger partial charge is 0.349 e. The van der Waals surface area contributed by atoms with Crippen molar-refractivity contribution in [3.8, 4) is 0 Å². The lowest BCUT2D eigenvalue weighted by Crippen LogP contribution is -2.47. The molecule has 0 saturated carbocycles. The van der Waals surface area contributed by atoms with Crippen LogP contribution in [-0.4, -0.2) is 43.4 Å². The molecule has 110 valence electrons. The Labute approximate surface area is 120 Å². The minimum absolute atomic E-state index is 0.0538. The van der Waals surface area contributed by atoms with E-state index in [-0.39, 0.29) is 11.8 Å². The van der Waals surface area contributed by atoms with Crippen LogP contribution < -0.4 is 10.6 Å². The van der Waals surface area contributed by atoms with Gasteiger partial charge in [0.25, 0.3) is 0 Å². The summed E-state index contributed by atoms with van der Waals surface area (Å²) >= 11 is 0. The Hall–Kier alpha value is -1.88. The number of carbonyl (C=O) groups excluding carboxylic acids is 2. The summed E-state index contributed by atoms with van der Waals surface area (Å²) in [5, 5.41) is 5.79. The molecule has 0 fully saturated rings. The molecule has 0 spiro atoms. The molecule has 2 amide bonds. The van der Waals surface area contributed by atoms with Crippen molar-refractivity contribution in [2.45, 2.75) is 25.8 Å². The summed E-state index contributed by atoms with van der Waals surface area (Å²) in [6.07, 6.45) is 0.364. The van der Waals surface area contributed by atoms with Gasteiger partial charge in [0.2, 0.25) is 11.8 Å². The van der Waals surface area contributed by atoms with Gasteiger partial charge in [0.1, 0.15) is 0 Å². The molecular weight excluding hydrogens is 254 g/mol. The molecule has 0 aliphatic carbocycles. The van der Waals surface area contributed by atoms with Crippen molar-refractivity contribution in [2.75, 3.05) is 26.5 Å². The molecule has 0 aliphatic rings. The van der Waals surface area contributed by atoms with Gasteiger partial charge in [-0.2, -0.15) is 0 Å². The van der Waals surface area contributed by atoms with Crippen LogP contribution >= 0.6 is 0 Å². The molecule has 0 heterocycles. The van der Waals surface area contributed by atoms with Crippen LogP contribution in [0.3, 0.4) is 0 Å². The summed E-state index contributed by atoms with van der Waals surface area (Å²) in [4.78, 5) is 25.1. The van der Waals surface area contributed by atoms with E-state index in [1.165, 1.54) is 0 Å². The van der Waals surface area contributed by atoms with E-state index in [4.69, 9.17) is 0 Å². The molecule has 0 saturated heterocycles. The van der Waals surface area contributed by atoms with Gasteiger partial charge < -0.3 is 15.5 Å². The van der Waals surface area contributed by atoms with E-state index >= 15 is 0 Å². The molecule has 2 N–H and O–H groups in total. The lowest BCUT2D eigenvalue weighted by molar-refractivity contribution is -0.128. The van der Waals surface area contributed by atoms with E-state index in [0.717, 1.165) is 11.3 Å². The minimum atomic E-state index is -0.625. The number of hydrogen-bond donors (Lipinski definition) is 2. The molecular formula is C15H23N3O2. The number of carbonyl (C=O) groups is 2. The summed E-state index contributed by atoms with van der Waals surface area (Å²) in [7, 11) is 5.21. The van der Waals surface area contributed by atoms with Crippen LogP contribution in [0.1, 0.15) is 19.4 Å². The third-order valence-electron chi connectivity index (χ3n) is 3.26. The van der Waals surface area contributed by atoms with Gasteiger partial charge in [-0.15, -0.1) is 0 Å². The standard InChI is InChI=1S/C15H23N3O2/c1-15(2,16-3)14(20)17-12-8-6-11(7-9-12)10-13(19)18(4)5/h6-9,16H,10H2,1-5H3,(H,17,20). The summed E-state index contributed by atoms with van der Waals surface area (Å²) in [5.74, 6) is -0.0461. The first kappa shape index (κ1) is 16.2. The molecule has 5 nitrogen and oxygen atoms in total. The molecule has 0 aliphatic heterocycles. The molecule has 0 bridgehead atoms. The number of amides is 2. The van der Waals surface area contributed by atoms with Crippen LogP contribution in [0.5, 0.6) is 0 Å². The second kappa shape index (κ2) is 6.52. The predicted molar refractivity (Wildman–Crippen MR) is 80.6 cm³/mol. The Bertz CT molecular complexity index is 478. The lowest BCUT2D eigenvalue weighted by Gasteiger charge is -2.22. The average molecular weight is 277 g/mol. The van der Waals surface area contributed by atoms with Crippen LogP contribution in [0, 0.1) is 0 Å². The van der Waals surface area contributed by atoms with Crippen molar-refractivity contribution >= 4 is 17.5 Å². The monoisotopic (exact) mass is 277 g/mol. The first-order chi connectivity index (χ1) is 9.26. The zero-order valence-corrected chi connectivity index (χ0v) is 12.8. The fraction of sp³-hybridized carbons (Fsp3) is 0.467. The maximum Gasteiger partial charge on any atom is 0.244 e. The van der Waals surface area contributed by atoms with E-state index in [1.54, 1.807) is 26.0 Å². The van der Waals surface area contributed by atoms with Gasteiger partial charge >= 0.3 is 0 Å². The van der Waals surface area contributed by atoms with Crippen molar-refractivity contribution in [3.05, 3.63) is 29.8 Å². The first-order valence-corrected chi connectivity index (χ1v) is 6.55. The highest BCUT2D eigenvalue weighted by molar-refractivity contribution is 5.97. The number of likely N-dealkylation sites (N-methyl/N-ethyl adjacent to an activating group) is 2. The highest BCUT2D eigenvalue weighted by Crippen LogP contribution is 2.13. The van der Waals surface area contributed by atoms with Gasteiger partial charge in [0.05, 0.1) is 12.0 Å². The van der Waals surface area contributed by atoms with E-state index in [9.17, 15) is 9.59 Å². The number of nitrogens with one attached hydrogen (secondary N) is 2. The number of anilines is 1. The van der Waals surface area contributed by atoms with Crippen molar-refractivity contribution in [3.63, 3.8) is 0 Å². The Balaban J connectivity index is 2.68. The second-order valence-electron chi connectivity index (χ2n) is 5.49. The van der Waals surface area contributed by atoms with Crippen molar-refractivity contribution in [2.24, 2.45) is 0 Å². The first-order valence-electron chi connectivity index (χ1n) is 6.55. The second-order valence-corrected chi connectivity index (χ2v) is 5.49. The third kappa shape index (κ3) is 4.35. The van der Waals surface area contributed by atoms with E-state index < -0.39 is 5.54 Å². The highest BCUT2D eigenvalue weighted by Gasteiger charge is 2.24. The van der Waals surface area contributed by atoms with Gasteiger partial charge in [-0.25, -0.2) is 0 Å². The molecule has 20 heavy (non-hydrogen) atoms. The quantitative estimate of drug-likeness (QED) is 0.851. The normalized spacial score (nSPS) is 11.1. The Morgan fingerprint density at radius 1 is 1.15 bits per heavy atom. The number of nitrogens with zero attached hydrogens (tertiary/aromatic N) is 1. The number of hydrogen-bond acceptors (Lipinski definition) is 3. The van der Waals surface area contributed by atoms with E-state index in [0.29, 0.717) is 6.42 Å². The summed E-state index contributed by atoms with van der Waals surface area (Å²) in [6, 6.07) is 7.32. The molecule has 5 heteroatoms. The molecule has 1 rings (SSSR count). The third-order valence-corrected chi connectivity index (χ3v) is 3.26. The molecule has 0 radical (unpaired) electrons. The summed E-state index contributed by atoms with van der Waals surface area (Å²) in [6.45, 7) is 3.62. The van der Waals surface area contributed by atoms with Crippen molar-refractivity contribution < 1.29 is 9.59 Å². The van der Waals surface area contributed by atoms with Crippen LogP contribution in [0.4, 0.5) is 5.69 Å². The molecule has 1 aromatic carbocycles. The number of benzene rings is 1. The van der Waals surface area contributed by atoms with Gasteiger partial charge in [0.15, 0.2) is 0 Å². The van der Waals surface area contributed by atoms with E-state index in [1.807, 2.05) is 38.1 Å². The number of rotatable bonds is 5.